The second kappa shape index (κ2) is 4.36. The smallest absolute Gasteiger partial charge is 0.267 e. The maximum atomic E-state index is 11.9. The van der Waals surface area contributed by atoms with Crippen molar-refractivity contribution < 1.29 is 4.79 Å². The average molecular weight is 222 g/mol. The normalized spacial score (nSPS) is 14.6. The average Bonchev–Trinajstić information content (AvgIpc) is 2.94. The second-order valence-corrected chi connectivity index (χ2v) is 4.21. The number of hydrogen-bond acceptors (Lipinski definition) is 5. The number of carbonyl (C=O) groups is 1. The minimum absolute atomic E-state index is 0.0391. The zero-order valence-electron chi connectivity index (χ0n) is 8.09. The largest absolute Gasteiger partial charge is 0.334 e. The summed E-state index contributed by atoms with van der Waals surface area (Å²) in [4.78, 5) is 14.3. The van der Waals surface area contributed by atoms with E-state index in [9.17, 15) is 4.79 Å². The third-order valence-corrected chi connectivity index (χ3v) is 2.94. The number of nitrogens with zero attached hydrogens (tertiary/aromatic N) is 4. The summed E-state index contributed by atoms with van der Waals surface area (Å²) in [5.74, 6) is -0.0391. The van der Waals surface area contributed by atoms with Crippen molar-refractivity contribution in [1.29, 1.82) is 5.26 Å². The summed E-state index contributed by atoms with van der Waals surface area (Å²) in [5.41, 5.74) is 0. The number of amides is 1. The molecule has 1 fully saturated rings. The van der Waals surface area contributed by atoms with Crippen LogP contribution in [-0.2, 0) is 0 Å². The Hall–Kier alpha value is -1.48. The van der Waals surface area contributed by atoms with Crippen molar-refractivity contribution in [2.75, 3.05) is 6.54 Å². The van der Waals surface area contributed by atoms with Crippen molar-refractivity contribution in [3.8, 4) is 6.07 Å². The molecule has 0 radical (unpaired) electrons. The first kappa shape index (κ1) is 10.1. The van der Waals surface area contributed by atoms with Crippen LogP contribution in [0.2, 0.25) is 0 Å². The van der Waals surface area contributed by atoms with Gasteiger partial charge in [-0.25, -0.2) is 0 Å². The molecular weight excluding hydrogens is 212 g/mol. The van der Waals surface area contributed by atoms with E-state index in [1.165, 1.54) is 6.20 Å². The van der Waals surface area contributed by atoms with Gasteiger partial charge in [0.15, 0.2) is 0 Å². The first-order valence-electron chi connectivity index (χ1n) is 4.78. The van der Waals surface area contributed by atoms with Crippen LogP contribution in [0.25, 0.3) is 0 Å². The van der Waals surface area contributed by atoms with Gasteiger partial charge >= 0.3 is 0 Å². The van der Waals surface area contributed by atoms with E-state index in [2.05, 4.69) is 15.7 Å². The molecule has 2 rings (SSSR count). The minimum Gasteiger partial charge on any atom is -0.334 e. The quantitative estimate of drug-likeness (QED) is 0.763. The molecule has 0 atom stereocenters. The van der Waals surface area contributed by atoms with Gasteiger partial charge in [-0.2, -0.15) is 5.26 Å². The van der Waals surface area contributed by atoms with Gasteiger partial charge in [-0.1, -0.05) is 4.49 Å². The molecule has 1 heterocycles. The lowest BCUT2D eigenvalue weighted by atomic mass is 10.3. The van der Waals surface area contributed by atoms with Crippen LogP contribution >= 0.6 is 11.5 Å². The van der Waals surface area contributed by atoms with Gasteiger partial charge < -0.3 is 4.90 Å². The number of nitriles is 1. The molecule has 0 spiro atoms. The maximum absolute atomic E-state index is 11.9. The predicted octanol–water partition coefficient (Wildman–Crippen LogP) is 1.06. The molecular formula is C9H10N4OS. The third kappa shape index (κ3) is 2.30. The van der Waals surface area contributed by atoms with E-state index < -0.39 is 0 Å². The fourth-order valence-corrected chi connectivity index (χ4v) is 1.88. The van der Waals surface area contributed by atoms with Gasteiger partial charge in [0.2, 0.25) is 0 Å². The fourth-order valence-electron chi connectivity index (χ4n) is 1.41. The Labute approximate surface area is 91.5 Å². The molecule has 0 aliphatic heterocycles. The van der Waals surface area contributed by atoms with Crippen LogP contribution in [0, 0.1) is 11.3 Å². The van der Waals surface area contributed by atoms with Crippen LogP contribution in [0.15, 0.2) is 6.20 Å². The van der Waals surface area contributed by atoms with Gasteiger partial charge in [0, 0.05) is 12.6 Å². The first-order chi connectivity index (χ1) is 7.33. The molecule has 0 N–H and O–H groups in total. The number of rotatable bonds is 4. The molecule has 1 amide bonds. The molecule has 0 unspecified atom stereocenters. The first-order valence-corrected chi connectivity index (χ1v) is 5.55. The predicted molar refractivity (Wildman–Crippen MR) is 54.2 cm³/mol. The summed E-state index contributed by atoms with van der Waals surface area (Å²) in [7, 11) is 0. The topological polar surface area (TPSA) is 69.9 Å². The van der Waals surface area contributed by atoms with Gasteiger partial charge in [-0.15, -0.1) is 5.10 Å². The molecule has 1 aromatic rings. The highest BCUT2D eigenvalue weighted by Crippen LogP contribution is 2.28. The van der Waals surface area contributed by atoms with Gasteiger partial charge in [0.1, 0.15) is 4.88 Å². The molecule has 6 heteroatoms. The van der Waals surface area contributed by atoms with Crippen molar-refractivity contribution in [1.82, 2.24) is 14.5 Å². The Morgan fingerprint density at radius 1 is 1.73 bits per heavy atom. The van der Waals surface area contributed by atoms with Crippen molar-refractivity contribution >= 4 is 17.4 Å². The van der Waals surface area contributed by atoms with Crippen LogP contribution in [-0.4, -0.2) is 33.0 Å². The highest BCUT2D eigenvalue weighted by molar-refractivity contribution is 7.07. The van der Waals surface area contributed by atoms with E-state index >= 15 is 0 Å². The van der Waals surface area contributed by atoms with E-state index in [4.69, 9.17) is 5.26 Å². The standard InChI is InChI=1S/C9H10N4OS/c10-4-1-5-13(7-2-3-7)9(14)8-6-11-12-15-8/h6-7H,1-3,5H2. The van der Waals surface area contributed by atoms with Gasteiger partial charge in [0.05, 0.1) is 18.7 Å². The Kier molecular flexibility index (Phi) is 2.92. The molecule has 0 bridgehead atoms. The molecule has 1 saturated carbocycles. The maximum Gasteiger partial charge on any atom is 0.267 e. The lowest BCUT2D eigenvalue weighted by molar-refractivity contribution is 0.0751. The summed E-state index contributed by atoms with van der Waals surface area (Å²) in [6, 6.07) is 2.39. The van der Waals surface area contributed by atoms with E-state index in [0.29, 0.717) is 23.9 Å². The van der Waals surface area contributed by atoms with Crippen LogP contribution < -0.4 is 0 Å². The Morgan fingerprint density at radius 3 is 3.07 bits per heavy atom. The second-order valence-electron chi connectivity index (χ2n) is 3.42. The van der Waals surface area contributed by atoms with E-state index in [-0.39, 0.29) is 5.91 Å². The number of hydrogen-bond donors (Lipinski definition) is 0. The molecule has 0 saturated heterocycles. The fraction of sp³-hybridized carbons (Fsp3) is 0.556. The Morgan fingerprint density at radius 2 is 2.53 bits per heavy atom. The summed E-state index contributed by atoms with van der Waals surface area (Å²) in [6.07, 6.45) is 3.95. The van der Waals surface area contributed by atoms with Crippen molar-refractivity contribution in [3.05, 3.63) is 11.1 Å². The number of carbonyl (C=O) groups excluding carboxylic acids is 1. The monoisotopic (exact) mass is 222 g/mol. The lowest BCUT2D eigenvalue weighted by Crippen LogP contribution is -2.33. The third-order valence-electron chi connectivity index (χ3n) is 2.29. The van der Waals surface area contributed by atoms with E-state index in [1.54, 1.807) is 4.90 Å². The Balaban J connectivity index is 2.04. The highest BCUT2D eigenvalue weighted by atomic mass is 32.1. The molecule has 0 aromatic carbocycles. The van der Waals surface area contributed by atoms with Crippen LogP contribution in [0.1, 0.15) is 28.9 Å². The molecule has 78 valence electrons. The molecule has 1 aromatic heterocycles. The number of aromatic nitrogens is 2. The van der Waals surface area contributed by atoms with Crippen molar-refractivity contribution in [2.45, 2.75) is 25.3 Å². The molecule has 1 aliphatic carbocycles. The van der Waals surface area contributed by atoms with E-state index in [0.717, 1.165) is 24.4 Å². The van der Waals surface area contributed by atoms with Crippen LogP contribution in [0.3, 0.4) is 0 Å². The van der Waals surface area contributed by atoms with Crippen molar-refractivity contribution in [3.63, 3.8) is 0 Å². The van der Waals surface area contributed by atoms with E-state index in [1.807, 2.05) is 0 Å². The SMILES string of the molecule is N#CCCN(C(=O)c1cnns1)C1CC1. The van der Waals surface area contributed by atoms with Gasteiger partial charge in [-0.3, -0.25) is 4.79 Å². The zero-order valence-corrected chi connectivity index (χ0v) is 8.90. The van der Waals surface area contributed by atoms with Crippen LogP contribution in [0.4, 0.5) is 0 Å². The Bertz CT molecular complexity index is 379. The van der Waals surface area contributed by atoms with Gasteiger partial charge in [-0.05, 0) is 24.4 Å². The molecule has 1 aliphatic rings. The molecule has 5 nitrogen and oxygen atoms in total. The zero-order chi connectivity index (χ0) is 10.7. The van der Waals surface area contributed by atoms with Crippen LogP contribution in [0.5, 0.6) is 0 Å². The van der Waals surface area contributed by atoms with Crippen molar-refractivity contribution in [2.24, 2.45) is 0 Å². The lowest BCUT2D eigenvalue weighted by Gasteiger charge is -2.19. The summed E-state index contributed by atoms with van der Waals surface area (Å²) < 4.78 is 3.66. The summed E-state index contributed by atoms with van der Waals surface area (Å²) >= 11 is 1.10. The molecule has 15 heavy (non-hydrogen) atoms. The summed E-state index contributed by atoms with van der Waals surface area (Å²) in [6.45, 7) is 0.512. The van der Waals surface area contributed by atoms with Gasteiger partial charge in [0.25, 0.3) is 5.91 Å². The highest BCUT2D eigenvalue weighted by Gasteiger charge is 2.33. The summed E-state index contributed by atoms with van der Waals surface area (Å²) in [5, 5.41) is 12.2. The minimum atomic E-state index is -0.0391.